The second-order valence-corrected chi connectivity index (χ2v) is 4.88. The minimum atomic E-state index is -0.170. The molecular weight excluding hydrogens is 268 g/mol. The zero-order valence-electron chi connectivity index (χ0n) is 12.4. The van der Waals surface area contributed by atoms with Crippen molar-refractivity contribution in [3.8, 4) is 11.4 Å². The van der Waals surface area contributed by atoms with E-state index in [2.05, 4.69) is 20.4 Å². The Morgan fingerprint density at radius 1 is 1.14 bits per heavy atom. The van der Waals surface area contributed by atoms with Crippen LogP contribution in [0.2, 0.25) is 0 Å². The van der Waals surface area contributed by atoms with Gasteiger partial charge in [0, 0.05) is 5.56 Å². The van der Waals surface area contributed by atoms with E-state index in [1.807, 2.05) is 38.1 Å². The van der Waals surface area contributed by atoms with Crippen molar-refractivity contribution >= 4 is 5.97 Å². The number of carbonyl (C=O) groups is 1. The van der Waals surface area contributed by atoms with Gasteiger partial charge in [-0.3, -0.25) is 4.79 Å². The van der Waals surface area contributed by atoms with Crippen LogP contribution in [0.3, 0.4) is 0 Å². The number of nitrogens with zero attached hydrogens (tertiary/aromatic N) is 4. The molecule has 0 amide bonds. The number of rotatable bonds is 5. The first-order valence-corrected chi connectivity index (χ1v) is 6.90. The van der Waals surface area contributed by atoms with Gasteiger partial charge in [0.25, 0.3) is 0 Å². The van der Waals surface area contributed by atoms with E-state index in [4.69, 9.17) is 4.74 Å². The molecule has 0 bridgehead atoms. The third kappa shape index (κ3) is 4.05. The highest BCUT2D eigenvalue weighted by atomic mass is 16.5. The van der Waals surface area contributed by atoms with Crippen molar-refractivity contribution < 1.29 is 9.53 Å². The Kier molecular flexibility index (Phi) is 4.92. The molecule has 0 saturated heterocycles. The lowest BCUT2D eigenvalue weighted by Gasteiger charge is -2.09. The second kappa shape index (κ2) is 6.88. The Morgan fingerprint density at radius 3 is 2.33 bits per heavy atom. The number of benzene rings is 1. The Balaban J connectivity index is 1.99. The quantitative estimate of drug-likeness (QED) is 0.785. The highest BCUT2D eigenvalue weighted by Gasteiger charge is 2.12. The van der Waals surface area contributed by atoms with Crippen LogP contribution in [0.4, 0.5) is 0 Å². The highest BCUT2D eigenvalue weighted by Crippen LogP contribution is 2.15. The van der Waals surface area contributed by atoms with Gasteiger partial charge in [-0.15, -0.1) is 20.4 Å². The summed E-state index contributed by atoms with van der Waals surface area (Å²) in [5.41, 5.74) is 1.75. The molecule has 0 saturated carbocycles. The monoisotopic (exact) mass is 286 g/mol. The Hall–Kier alpha value is -2.37. The predicted octanol–water partition coefficient (Wildman–Crippen LogP) is 2.33. The maximum Gasteiger partial charge on any atom is 0.308 e. The molecule has 110 valence electrons. The summed E-state index contributed by atoms with van der Waals surface area (Å²) in [6, 6.07) is 7.48. The second-order valence-electron chi connectivity index (χ2n) is 4.88. The maximum absolute atomic E-state index is 11.6. The third-order valence-electron chi connectivity index (χ3n) is 3.19. The van der Waals surface area contributed by atoms with Gasteiger partial charge >= 0.3 is 5.97 Å². The number of esters is 1. The van der Waals surface area contributed by atoms with E-state index < -0.39 is 0 Å². The molecule has 0 spiro atoms. The topological polar surface area (TPSA) is 77.9 Å². The molecule has 0 aliphatic heterocycles. The lowest BCUT2D eigenvalue weighted by atomic mass is 10.1. The van der Waals surface area contributed by atoms with E-state index in [0.29, 0.717) is 11.6 Å². The van der Waals surface area contributed by atoms with Crippen LogP contribution in [-0.4, -0.2) is 26.4 Å². The molecule has 2 rings (SSSR count). The number of aryl methyl sites for hydroxylation is 1. The molecule has 0 aliphatic rings. The largest absolute Gasteiger partial charge is 0.461 e. The summed E-state index contributed by atoms with van der Waals surface area (Å²) in [4.78, 5) is 11.6. The summed E-state index contributed by atoms with van der Waals surface area (Å²) < 4.78 is 5.25. The number of hydrogen-bond acceptors (Lipinski definition) is 6. The fourth-order valence-electron chi connectivity index (χ4n) is 1.61. The molecule has 1 aromatic carbocycles. The molecule has 1 atom stereocenters. The number of hydrogen-bond donors (Lipinski definition) is 0. The van der Waals surface area contributed by atoms with E-state index >= 15 is 0 Å². The van der Waals surface area contributed by atoms with Gasteiger partial charge in [-0.1, -0.05) is 38.1 Å². The molecule has 2 aromatic rings. The van der Waals surface area contributed by atoms with Crippen LogP contribution in [0.1, 0.15) is 31.7 Å². The van der Waals surface area contributed by atoms with E-state index in [1.54, 1.807) is 6.92 Å². The van der Waals surface area contributed by atoms with Crippen LogP contribution in [0, 0.1) is 12.8 Å². The zero-order valence-corrected chi connectivity index (χ0v) is 12.4. The summed E-state index contributed by atoms with van der Waals surface area (Å²) in [5.74, 6) is 0.773. The normalized spacial score (nSPS) is 12.0. The zero-order chi connectivity index (χ0) is 15.2. The van der Waals surface area contributed by atoms with Gasteiger partial charge in [-0.25, -0.2) is 0 Å². The fraction of sp³-hybridized carbons (Fsp3) is 0.400. The Morgan fingerprint density at radius 2 is 1.76 bits per heavy atom. The molecule has 0 fully saturated rings. The van der Waals surface area contributed by atoms with Gasteiger partial charge in [0.1, 0.15) is 6.61 Å². The smallest absolute Gasteiger partial charge is 0.308 e. The van der Waals surface area contributed by atoms with Gasteiger partial charge < -0.3 is 4.74 Å². The Labute approximate surface area is 123 Å². The first-order valence-electron chi connectivity index (χ1n) is 6.90. The molecule has 1 heterocycles. The van der Waals surface area contributed by atoms with Crippen molar-refractivity contribution in [3.63, 3.8) is 0 Å². The molecule has 0 radical (unpaired) electrons. The van der Waals surface area contributed by atoms with Crippen molar-refractivity contribution in [1.82, 2.24) is 20.4 Å². The van der Waals surface area contributed by atoms with Crippen LogP contribution >= 0.6 is 0 Å². The molecule has 0 aliphatic carbocycles. The molecule has 0 N–H and O–H groups in total. The van der Waals surface area contributed by atoms with Crippen molar-refractivity contribution in [2.45, 2.75) is 33.8 Å². The van der Waals surface area contributed by atoms with Crippen LogP contribution in [0.5, 0.6) is 0 Å². The first-order chi connectivity index (χ1) is 10.1. The summed E-state index contributed by atoms with van der Waals surface area (Å²) in [7, 11) is 0. The standard InChI is InChI=1S/C15H18N4O2/c1-4-10(2)15(20)21-9-12-5-7-13(8-6-12)14-18-16-11(3)17-19-14/h5-8,10H,4,9H2,1-3H3. The average Bonchev–Trinajstić information content (AvgIpc) is 2.53. The van der Waals surface area contributed by atoms with Gasteiger partial charge in [-0.05, 0) is 18.9 Å². The molecule has 21 heavy (non-hydrogen) atoms. The fourth-order valence-corrected chi connectivity index (χ4v) is 1.61. The Bertz CT molecular complexity index is 596. The lowest BCUT2D eigenvalue weighted by Crippen LogP contribution is -2.13. The van der Waals surface area contributed by atoms with Gasteiger partial charge in [0.2, 0.25) is 5.82 Å². The van der Waals surface area contributed by atoms with Gasteiger partial charge in [0.15, 0.2) is 5.82 Å². The summed E-state index contributed by atoms with van der Waals surface area (Å²) in [5, 5.41) is 15.7. The van der Waals surface area contributed by atoms with Crippen LogP contribution in [-0.2, 0) is 16.1 Å². The van der Waals surface area contributed by atoms with Gasteiger partial charge in [0.05, 0.1) is 5.92 Å². The van der Waals surface area contributed by atoms with Gasteiger partial charge in [-0.2, -0.15) is 0 Å². The van der Waals surface area contributed by atoms with E-state index in [-0.39, 0.29) is 18.5 Å². The SMILES string of the molecule is CCC(C)C(=O)OCc1ccc(-c2nnc(C)nn2)cc1. The van der Waals surface area contributed by atoms with E-state index in [1.165, 1.54) is 0 Å². The van der Waals surface area contributed by atoms with Crippen molar-refractivity contribution in [2.75, 3.05) is 0 Å². The van der Waals surface area contributed by atoms with Crippen molar-refractivity contribution in [2.24, 2.45) is 5.92 Å². The van der Waals surface area contributed by atoms with Crippen molar-refractivity contribution in [1.29, 1.82) is 0 Å². The first kappa shape index (κ1) is 15.0. The number of aromatic nitrogens is 4. The minimum absolute atomic E-state index is 0.0672. The minimum Gasteiger partial charge on any atom is -0.461 e. The van der Waals surface area contributed by atoms with E-state index in [0.717, 1.165) is 17.5 Å². The summed E-state index contributed by atoms with van der Waals surface area (Å²) >= 11 is 0. The molecule has 6 nitrogen and oxygen atoms in total. The average molecular weight is 286 g/mol. The molecule has 1 unspecified atom stereocenters. The van der Waals surface area contributed by atoms with Crippen LogP contribution < -0.4 is 0 Å². The highest BCUT2D eigenvalue weighted by molar-refractivity contribution is 5.71. The lowest BCUT2D eigenvalue weighted by molar-refractivity contribution is -0.149. The predicted molar refractivity (Wildman–Crippen MR) is 77.0 cm³/mol. The number of ether oxygens (including phenoxy) is 1. The summed E-state index contributed by atoms with van der Waals surface area (Å²) in [6.07, 6.45) is 0.780. The maximum atomic E-state index is 11.6. The van der Waals surface area contributed by atoms with E-state index in [9.17, 15) is 4.79 Å². The van der Waals surface area contributed by atoms with Crippen LogP contribution in [0.25, 0.3) is 11.4 Å². The molecular formula is C15H18N4O2. The third-order valence-corrected chi connectivity index (χ3v) is 3.19. The van der Waals surface area contributed by atoms with Crippen molar-refractivity contribution in [3.05, 3.63) is 35.7 Å². The number of carbonyl (C=O) groups excluding carboxylic acids is 1. The summed E-state index contributed by atoms with van der Waals surface area (Å²) in [6.45, 7) is 5.83. The van der Waals surface area contributed by atoms with Crippen LogP contribution in [0.15, 0.2) is 24.3 Å². The molecule has 1 aromatic heterocycles. The molecule has 6 heteroatoms.